The molecule has 7 nitrogen and oxygen atoms in total. The molecule has 28 heavy (non-hydrogen) atoms. The van der Waals surface area contributed by atoms with Crippen molar-refractivity contribution < 1.29 is 14.2 Å². The van der Waals surface area contributed by atoms with E-state index in [0.717, 1.165) is 23.6 Å². The lowest BCUT2D eigenvalue weighted by Crippen LogP contribution is -2.09. The highest BCUT2D eigenvalue weighted by molar-refractivity contribution is 5.66. The number of rotatable bonds is 9. The molecule has 0 unspecified atom stereocenters. The van der Waals surface area contributed by atoms with Gasteiger partial charge in [0.15, 0.2) is 0 Å². The second-order valence-electron chi connectivity index (χ2n) is 5.99. The summed E-state index contributed by atoms with van der Waals surface area (Å²) in [7, 11) is 4.91. The van der Waals surface area contributed by atoms with Crippen molar-refractivity contribution in [1.29, 1.82) is 0 Å². The minimum Gasteiger partial charge on any atom is -0.497 e. The van der Waals surface area contributed by atoms with E-state index >= 15 is 0 Å². The Morgan fingerprint density at radius 1 is 0.893 bits per heavy atom. The molecule has 2 aromatic carbocycles. The van der Waals surface area contributed by atoms with E-state index in [1.165, 1.54) is 5.56 Å². The Labute approximate surface area is 164 Å². The second-order valence-corrected chi connectivity index (χ2v) is 5.99. The van der Waals surface area contributed by atoms with Gasteiger partial charge in [-0.05, 0) is 42.3 Å². The molecule has 3 aromatic rings. The third-order valence-electron chi connectivity index (χ3n) is 4.16. The number of hydrogen-bond donors (Lipinski definition) is 2. The zero-order chi connectivity index (χ0) is 19.8. The summed E-state index contributed by atoms with van der Waals surface area (Å²) in [5.74, 6) is 3.48. The van der Waals surface area contributed by atoms with Gasteiger partial charge in [0, 0.05) is 18.8 Å². The summed E-state index contributed by atoms with van der Waals surface area (Å²) in [6.45, 7) is 0.711. The van der Waals surface area contributed by atoms with Gasteiger partial charge in [0.1, 0.15) is 23.1 Å². The van der Waals surface area contributed by atoms with Crippen molar-refractivity contribution in [2.24, 2.45) is 0 Å². The van der Waals surface area contributed by atoms with Gasteiger partial charge in [-0.25, -0.2) is 4.98 Å². The van der Waals surface area contributed by atoms with E-state index < -0.39 is 0 Å². The summed E-state index contributed by atoms with van der Waals surface area (Å²) < 4.78 is 15.9. The molecule has 2 N–H and O–H groups in total. The Bertz CT molecular complexity index is 918. The van der Waals surface area contributed by atoms with E-state index in [9.17, 15) is 0 Å². The van der Waals surface area contributed by atoms with Crippen molar-refractivity contribution in [3.8, 4) is 17.2 Å². The smallest absolute Gasteiger partial charge is 0.224 e. The van der Waals surface area contributed by atoms with Gasteiger partial charge in [-0.15, -0.1) is 0 Å². The van der Waals surface area contributed by atoms with Gasteiger partial charge in [-0.1, -0.05) is 12.1 Å². The predicted molar refractivity (Wildman–Crippen MR) is 110 cm³/mol. The lowest BCUT2D eigenvalue weighted by molar-refractivity contribution is 0.395. The molecule has 0 aliphatic rings. The minimum absolute atomic E-state index is 0.556. The Hall–Kier alpha value is -3.48. The van der Waals surface area contributed by atoms with Crippen LogP contribution in [0.25, 0.3) is 0 Å². The van der Waals surface area contributed by atoms with E-state index in [2.05, 4.69) is 26.7 Å². The van der Waals surface area contributed by atoms with Crippen LogP contribution in [0.4, 0.5) is 17.5 Å². The molecule has 0 radical (unpaired) electrons. The highest BCUT2D eigenvalue weighted by Gasteiger charge is 2.07. The second kappa shape index (κ2) is 9.45. The summed E-state index contributed by atoms with van der Waals surface area (Å²) in [6.07, 6.45) is 2.55. The lowest BCUT2D eigenvalue weighted by Gasteiger charge is -2.12. The highest BCUT2D eigenvalue weighted by Crippen LogP contribution is 2.31. The third kappa shape index (κ3) is 5.03. The fraction of sp³-hybridized carbons (Fsp3) is 0.238. The maximum absolute atomic E-state index is 5.41. The molecule has 0 aliphatic carbocycles. The number of benzene rings is 2. The van der Waals surface area contributed by atoms with Crippen molar-refractivity contribution >= 4 is 17.5 Å². The van der Waals surface area contributed by atoms with E-state index in [1.54, 1.807) is 33.6 Å². The van der Waals surface area contributed by atoms with Crippen molar-refractivity contribution in [3.63, 3.8) is 0 Å². The number of aromatic nitrogens is 2. The van der Waals surface area contributed by atoms with E-state index in [0.29, 0.717) is 24.1 Å². The molecule has 0 amide bonds. The molecule has 146 valence electrons. The summed E-state index contributed by atoms with van der Waals surface area (Å²) >= 11 is 0. The van der Waals surface area contributed by atoms with Crippen LogP contribution in [0.3, 0.4) is 0 Å². The Morgan fingerprint density at radius 3 is 2.50 bits per heavy atom. The van der Waals surface area contributed by atoms with Crippen LogP contribution in [0.5, 0.6) is 17.2 Å². The fourth-order valence-corrected chi connectivity index (χ4v) is 2.70. The largest absolute Gasteiger partial charge is 0.497 e. The number of hydrogen-bond acceptors (Lipinski definition) is 7. The fourth-order valence-electron chi connectivity index (χ4n) is 2.70. The van der Waals surface area contributed by atoms with Crippen molar-refractivity contribution in [2.45, 2.75) is 6.42 Å². The molecule has 1 aromatic heterocycles. The molecular formula is C21H24N4O3. The van der Waals surface area contributed by atoms with Crippen LogP contribution in [-0.4, -0.2) is 37.8 Å². The first-order chi connectivity index (χ1) is 13.7. The monoisotopic (exact) mass is 380 g/mol. The first-order valence-corrected chi connectivity index (χ1v) is 8.90. The number of nitrogens with one attached hydrogen (secondary N) is 2. The average molecular weight is 380 g/mol. The molecule has 1 heterocycles. The topological polar surface area (TPSA) is 77.5 Å². The summed E-state index contributed by atoms with van der Waals surface area (Å²) in [4.78, 5) is 8.78. The van der Waals surface area contributed by atoms with Crippen LogP contribution in [0, 0.1) is 0 Å². The SMILES string of the molecule is COc1cccc(CCNc2nccc(Nc3ccc(OC)cc3OC)n2)c1. The minimum atomic E-state index is 0.556. The number of ether oxygens (including phenoxy) is 3. The molecule has 0 saturated heterocycles. The molecule has 0 fully saturated rings. The first kappa shape index (κ1) is 19.3. The summed E-state index contributed by atoms with van der Waals surface area (Å²) in [6, 6.07) is 15.4. The van der Waals surface area contributed by atoms with Crippen molar-refractivity contribution in [3.05, 3.63) is 60.3 Å². The Balaban J connectivity index is 1.62. The number of anilines is 3. The van der Waals surface area contributed by atoms with Crippen LogP contribution in [0.15, 0.2) is 54.7 Å². The quantitative estimate of drug-likeness (QED) is 0.583. The van der Waals surface area contributed by atoms with Gasteiger partial charge in [0.05, 0.1) is 27.0 Å². The Kier molecular flexibility index (Phi) is 6.51. The normalized spacial score (nSPS) is 10.2. The van der Waals surface area contributed by atoms with E-state index in [4.69, 9.17) is 14.2 Å². The van der Waals surface area contributed by atoms with Crippen LogP contribution < -0.4 is 24.8 Å². The molecule has 0 aliphatic heterocycles. The van der Waals surface area contributed by atoms with Gasteiger partial charge >= 0.3 is 0 Å². The maximum Gasteiger partial charge on any atom is 0.224 e. The van der Waals surface area contributed by atoms with Gasteiger partial charge in [-0.2, -0.15) is 4.98 Å². The molecular weight excluding hydrogens is 356 g/mol. The maximum atomic E-state index is 5.41. The van der Waals surface area contributed by atoms with Crippen LogP contribution >= 0.6 is 0 Å². The van der Waals surface area contributed by atoms with Gasteiger partial charge in [0.25, 0.3) is 0 Å². The standard InChI is InChI=1S/C21H24N4O3/c1-26-16-6-4-5-15(13-16)9-11-22-21-23-12-10-20(25-21)24-18-8-7-17(27-2)14-19(18)28-3/h4-8,10,12-14H,9,11H2,1-3H3,(H2,22,23,24,25). The third-order valence-corrected chi connectivity index (χ3v) is 4.16. The van der Waals surface area contributed by atoms with Crippen molar-refractivity contribution in [2.75, 3.05) is 38.5 Å². The van der Waals surface area contributed by atoms with Gasteiger partial charge in [-0.3, -0.25) is 0 Å². The number of nitrogens with zero attached hydrogens (tertiary/aromatic N) is 2. The number of methoxy groups -OCH3 is 3. The highest BCUT2D eigenvalue weighted by atomic mass is 16.5. The summed E-state index contributed by atoms with van der Waals surface area (Å²) in [5, 5.41) is 6.50. The van der Waals surface area contributed by atoms with Gasteiger partial charge < -0.3 is 24.8 Å². The zero-order valence-electron chi connectivity index (χ0n) is 16.2. The lowest BCUT2D eigenvalue weighted by atomic mass is 10.1. The van der Waals surface area contributed by atoms with E-state index in [-0.39, 0.29) is 0 Å². The Morgan fingerprint density at radius 2 is 1.71 bits per heavy atom. The molecule has 0 atom stereocenters. The van der Waals surface area contributed by atoms with Crippen molar-refractivity contribution in [1.82, 2.24) is 9.97 Å². The van der Waals surface area contributed by atoms with Crippen LogP contribution in [0.2, 0.25) is 0 Å². The summed E-state index contributed by atoms with van der Waals surface area (Å²) in [5.41, 5.74) is 1.98. The predicted octanol–water partition coefficient (Wildman–Crippen LogP) is 3.90. The molecule has 7 heteroatoms. The van der Waals surface area contributed by atoms with Crippen LogP contribution in [-0.2, 0) is 6.42 Å². The van der Waals surface area contributed by atoms with Crippen LogP contribution in [0.1, 0.15) is 5.56 Å². The van der Waals surface area contributed by atoms with E-state index in [1.807, 2.05) is 36.4 Å². The van der Waals surface area contributed by atoms with Gasteiger partial charge in [0.2, 0.25) is 5.95 Å². The average Bonchev–Trinajstić information content (AvgIpc) is 2.74. The molecule has 0 saturated carbocycles. The molecule has 0 spiro atoms. The molecule has 3 rings (SSSR count). The first-order valence-electron chi connectivity index (χ1n) is 8.90. The molecule has 0 bridgehead atoms. The zero-order valence-corrected chi connectivity index (χ0v) is 16.2.